The van der Waals surface area contributed by atoms with Gasteiger partial charge in [-0.3, -0.25) is 9.59 Å². The minimum atomic E-state index is -0.156. The van der Waals surface area contributed by atoms with Crippen LogP contribution in [0.2, 0.25) is 0 Å². The van der Waals surface area contributed by atoms with E-state index in [9.17, 15) is 9.59 Å². The highest BCUT2D eigenvalue weighted by atomic mass is 16.2. The number of rotatable bonds is 2. The van der Waals surface area contributed by atoms with Crippen LogP contribution in [0.15, 0.2) is 36.4 Å². The molecule has 2 aromatic rings. The molecule has 0 unspecified atom stereocenters. The van der Waals surface area contributed by atoms with Crippen molar-refractivity contribution in [2.75, 3.05) is 16.8 Å². The third kappa shape index (κ3) is 2.84. The van der Waals surface area contributed by atoms with Crippen molar-refractivity contribution in [3.8, 4) is 0 Å². The molecule has 118 valence electrons. The lowest BCUT2D eigenvalue weighted by atomic mass is 10.1. The molecule has 3 rings (SSSR count). The summed E-state index contributed by atoms with van der Waals surface area (Å²) in [6.45, 7) is 6.23. The SMILES string of the molecule is CC(=O)N1CCc2cccc(NC(=O)c3ccc(C)c(C)c3)c21. The van der Waals surface area contributed by atoms with Gasteiger partial charge < -0.3 is 10.2 Å². The summed E-state index contributed by atoms with van der Waals surface area (Å²) >= 11 is 0. The second kappa shape index (κ2) is 5.88. The standard InChI is InChI=1S/C19H20N2O2/c1-12-7-8-16(11-13(12)2)19(23)20-17-6-4-5-15-9-10-21(14(3)22)18(15)17/h4-8,11H,9-10H2,1-3H3,(H,20,23). The average molecular weight is 308 g/mol. The average Bonchev–Trinajstić information content (AvgIpc) is 2.95. The van der Waals surface area contributed by atoms with Gasteiger partial charge in [-0.05, 0) is 55.2 Å². The number of para-hydroxylation sites is 1. The Balaban J connectivity index is 1.92. The molecule has 0 bridgehead atoms. The largest absolute Gasteiger partial charge is 0.320 e. The maximum atomic E-state index is 12.5. The van der Waals surface area contributed by atoms with Gasteiger partial charge in [-0.25, -0.2) is 0 Å². The van der Waals surface area contributed by atoms with Crippen molar-refractivity contribution in [2.45, 2.75) is 27.2 Å². The summed E-state index contributed by atoms with van der Waals surface area (Å²) in [6.07, 6.45) is 0.822. The van der Waals surface area contributed by atoms with E-state index in [1.54, 1.807) is 11.8 Å². The Morgan fingerprint density at radius 2 is 1.87 bits per heavy atom. The Labute approximate surface area is 136 Å². The Hall–Kier alpha value is -2.62. The molecule has 0 saturated heterocycles. The number of carbonyl (C=O) groups excluding carboxylic acids is 2. The first-order valence-electron chi connectivity index (χ1n) is 7.76. The Kier molecular flexibility index (Phi) is 3.90. The number of aryl methyl sites for hydroxylation is 2. The molecule has 2 aromatic carbocycles. The maximum Gasteiger partial charge on any atom is 0.255 e. The fourth-order valence-electron chi connectivity index (χ4n) is 2.95. The molecular weight excluding hydrogens is 288 g/mol. The summed E-state index contributed by atoms with van der Waals surface area (Å²) in [5, 5.41) is 2.96. The zero-order valence-electron chi connectivity index (χ0n) is 13.6. The van der Waals surface area contributed by atoms with Gasteiger partial charge in [0, 0.05) is 19.0 Å². The second-order valence-electron chi connectivity index (χ2n) is 5.99. The number of hydrogen-bond donors (Lipinski definition) is 1. The Morgan fingerprint density at radius 3 is 2.57 bits per heavy atom. The first kappa shape index (κ1) is 15.3. The molecule has 2 amide bonds. The second-order valence-corrected chi connectivity index (χ2v) is 5.99. The van der Waals surface area contributed by atoms with Crippen LogP contribution in [0.4, 0.5) is 11.4 Å². The van der Waals surface area contributed by atoms with Crippen molar-refractivity contribution < 1.29 is 9.59 Å². The van der Waals surface area contributed by atoms with Gasteiger partial charge >= 0.3 is 0 Å². The molecule has 23 heavy (non-hydrogen) atoms. The molecule has 0 saturated carbocycles. The summed E-state index contributed by atoms with van der Waals surface area (Å²) in [4.78, 5) is 26.1. The topological polar surface area (TPSA) is 49.4 Å². The van der Waals surface area contributed by atoms with Gasteiger partial charge in [0.25, 0.3) is 5.91 Å². The zero-order valence-corrected chi connectivity index (χ0v) is 13.6. The lowest BCUT2D eigenvalue weighted by Crippen LogP contribution is -2.27. The van der Waals surface area contributed by atoms with Crippen molar-refractivity contribution in [3.05, 3.63) is 58.7 Å². The van der Waals surface area contributed by atoms with E-state index >= 15 is 0 Å². The van der Waals surface area contributed by atoms with Gasteiger partial charge in [0.2, 0.25) is 5.91 Å². The molecule has 0 radical (unpaired) electrons. The van der Waals surface area contributed by atoms with Crippen LogP contribution in [-0.2, 0) is 11.2 Å². The molecule has 1 aliphatic heterocycles. The molecule has 0 spiro atoms. The van der Waals surface area contributed by atoms with E-state index in [2.05, 4.69) is 5.32 Å². The van der Waals surface area contributed by atoms with Gasteiger partial charge in [0.15, 0.2) is 0 Å². The van der Waals surface area contributed by atoms with Crippen LogP contribution >= 0.6 is 0 Å². The van der Waals surface area contributed by atoms with Crippen molar-refractivity contribution in [3.63, 3.8) is 0 Å². The van der Waals surface area contributed by atoms with Gasteiger partial charge in [-0.1, -0.05) is 18.2 Å². The normalized spacial score (nSPS) is 12.9. The molecule has 0 aromatic heterocycles. The first-order chi connectivity index (χ1) is 11.0. The van der Waals surface area contributed by atoms with E-state index in [4.69, 9.17) is 0 Å². The molecular formula is C19H20N2O2. The quantitative estimate of drug-likeness (QED) is 0.923. The summed E-state index contributed by atoms with van der Waals surface area (Å²) in [5.74, 6) is -0.159. The van der Waals surface area contributed by atoms with Crippen molar-refractivity contribution in [2.24, 2.45) is 0 Å². The molecule has 1 N–H and O–H groups in total. The van der Waals surface area contributed by atoms with Crippen molar-refractivity contribution in [1.29, 1.82) is 0 Å². The third-order valence-electron chi connectivity index (χ3n) is 4.39. The predicted molar refractivity (Wildman–Crippen MR) is 92.0 cm³/mol. The van der Waals surface area contributed by atoms with Crippen LogP contribution in [-0.4, -0.2) is 18.4 Å². The number of benzene rings is 2. The third-order valence-corrected chi connectivity index (χ3v) is 4.39. The highest BCUT2D eigenvalue weighted by molar-refractivity contribution is 6.08. The van der Waals surface area contributed by atoms with Crippen molar-refractivity contribution >= 4 is 23.2 Å². The molecule has 4 nitrogen and oxygen atoms in total. The minimum absolute atomic E-state index is 0.00312. The first-order valence-corrected chi connectivity index (χ1v) is 7.76. The van der Waals surface area contributed by atoms with Crippen LogP contribution in [0.3, 0.4) is 0 Å². The molecule has 0 aliphatic carbocycles. The van der Waals surface area contributed by atoms with Crippen LogP contribution in [0, 0.1) is 13.8 Å². The smallest absolute Gasteiger partial charge is 0.255 e. The number of nitrogens with one attached hydrogen (secondary N) is 1. The maximum absolute atomic E-state index is 12.5. The number of fused-ring (bicyclic) bond motifs is 1. The van der Waals surface area contributed by atoms with E-state index in [-0.39, 0.29) is 11.8 Å². The van der Waals surface area contributed by atoms with Crippen LogP contribution < -0.4 is 10.2 Å². The summed E-state index contributed by atoms with van der Waals surface area (Å²) in [7, 11) is 0. The highest BCUT2D eigenvalue weighted by Gasteiger charge is 2.25. The van der Waals surface area contributed by atoms with Gasteiger partial charge in [0.05, 0.1) is 11.4 Å². The Bertz CT molecular complexity index is 796. The number of nitrogens with zero attached hydrogens (tertiary/aromatic N) is 1. The summed E-state index contributed by atoms with van der Waals surface area (Å²) in [5.41, 5.74) is 5.48. The predicted octanol–water partition coefficient (Wildman–Crippen LogP) is 3.46. The molecule has 0 atom stereocenters. The minimum Gasteiger partial charge on any atom is -0.320 e. The zero-order chi connectivity index (χ0) is 16.6. The molecule has 1 aliphatic rings. The number of anilines is 2. The fourth-order valence-corrected chi connectivity index (χ4v) is 2.95. The van der Waals surface area contributed by atoms with Crippen LogP contribution in [0.25, 0.3) is 0 Å². The number of carbonyl (C=O) groups is 2. The van der Waals surface area contributed by atoms with Crippen molar-refractivity contribution in [1.82, 2.24) is 0 Å². The van der Waals surface area contributed by atoms with E-state index < -0.39 is 0 Å². The van der Waals surface area contributed by atoms with Crippen LogP contribution in [0.1, 0.15) is 34.0 Å². The number of hydrogen-bond acceptors (Lipinski definition) is 2. The highest BCUT2D eigenvalue weighted by Crippen LogP contribution is 2.35. The van der Waals surface area contributed by atoms with E-state index in [0.29, 0.717) is 17.8 Å². The van der Waals surface area contributed by atoms with Crippen LogP contribution in [0.5, 0.6) is 0 Å². The number of amides is 2. The monoisotopic (exact) mass is 308 g/mol. The molecule has 1 heterocycles. The lowest BCUT2D eigenvalue weighted by molar-refractivity contribution is -0.116. The summed E-state index contributed by atoms with van der Waals surface area (Å²) < 4.78 is 0. The molecule has 0 fully saturated rings. The van der Waals surface area contributed by atoms with Gasteiger partial charge in [0.1, 0.15) is 0 Å². The lowest BCUT2D eigenvalue weighted by Gasteiger charge is -2.19. The van der Waals surface area contributed by atoms with Gasteiger partial charge in [-0.2, -0.15) is 0 Å². The summed E-state index contributed by atoms with van der Waals surface area (Å²) in [6, 6.07) is 11.4. The van der Waals surface area contributed by atoms with E-state index in [1.807, 2.05) is 50.2 Å². The van der Waals surface area contributed by atoms with E-state index in [0.717, 1.165) is 28.8 Å². The Morgan fingerprint density at radius 1 is 1.09 bits per heavy atom. The molecule has 4 heteroatoms. The van der Waals surface area contributed by atoms with Gasteiger partial charge in [-0.15, -0.1) is 0 Å². The van der Waals surface area contributed by atoms with E-state index in [1.165, 1.54) is 0 Å². The fraction of sp³-hybridized carbons (Fsp3) is 0.263.